The van der Waals surface area contributed by atoms with Crippen LogP contribution in [0.3, 0.4) is 0 Å². The molecule has 0 bridgehead atoms. The predicted molar refractivity (Wildman–Crippen MR) is 65.9 cm³/mol. The van der Waals surface area contributed by atoms with Gasteiger partial charge in [0.2, 0.25) is 0 Å². The molecule has 17 heavy (non-hydrogen) atoms. The molecule has 0 aliphatic rings. The van der Waals surface area contributed by atoms with Crippen LogP contribution in [0.4, 0.5) is 0 Å². The lowest BCUT2D eigenvalue weighted by atomic mass is 10.0. The summed E-state index contributed by atoms with van der Waals surface area (Å²) in [5.74, 6) is -0.0444. The molecule has 0 saturated carbocycles. The Balaban J connectivity index is 2.26. The van der Waals surface area contributed by atoms with Crippen LogP contribution in [0, 0.1) is 0 Å². The highest BCUT2D eigenvalue weighted by molar-refractivity contribution is 6.08. The average molecular weight is 230 g/mol. The number of fused-ring (bicyclic) bond motifs is 1. The molecule has 0 unspecified atom stereocenters. The zero-order chi connectivity index (χ0) is 12.1. The van der Waals surface area contributed by atoms with Gasteiger partial charge < -0.3 is 10.5 Å². The summed E-state index contributed by atoms with van der Waals surface area (Å²) >= 11 is 0. The van der Waals surface area contributed by atoms with Crippen molar-refractivity contribution in [1.82, 2.24) is 4.98 Å². The predicted octanol–water partition coefficient (Wildman–Crippen LogP) is 1.39. The van der Waals surface area contributed by atoms with Crippen molar-refractivity contribution in [2.75, 3.05) is 19.8 Å². The Morgan fingerprint density at radius 2 is 2.24 bits per heavy atom. The number of benzene rings is 1. The largest absolute Gasteiger partial charge is 0.372 e. The van der Waals surface area contributed by atoms with Gasteiger partial charge in [0.25, 0.3) is 0 Å². The van der Waals surface area contributed by atoms with Gasteiger partial charge in [0.05, 0.1) is 6.61 Å². The van der Waals surface area contributed by atoms with Gasteiger partial charge in [-0.25, -0.2) is 0 Å². The Hall–Kier alpha value is -1.78. The lowest BCUT2D eigenvalue weighted by Crippen LogP contribution is -2.15. The fourth-order valence-corrected chi connectivity index (χ4v) is 1.68. The van der Waals surface area contributed by atoms with Crippen molar-refractivity contribution in [3.63, 3.8) is 0 Å². The molecule has 1 aromatic carbocycles. The number of aromatic nitrogens is 1. The Bertz CT molecular complexity index is 520. The van der Waals surface area contributed by atoms with Gasteiger partial charge in [-0.2, -0.15) is 0 Å². The van der Waals surface area contributed by atoms with Gasteiger partial charge in [-0.15, -0.1) is 0 Å². The van der Waals surface area contributed by atoms with Crippen LogP contribution >= 0.6 is 0 Å². The molecule has 2 rings (SSSR count). The Morgan fingerprint density at radius 3 is 3.06 bits per heavy atom. The van der Waals surface area contributed by atoms with E-state index < -0.39 is 0 Å². The normalized spacial score (nSPS) is 10.6. The van der Waals surface area contributed by atoms with Crippen molar-refractivity contribution in [2.24, 2.45) is 5.73 Å². The SMILES string of the molecule is NCCOCC(=O)c1cccc2ccncc12. The van der Waals surface area contributed by atoms with Crippen LogP contribution in [0.1, 0.15) is 10.4 Å². The lowest BCUT2D eigenvalue weighted by Gasteiger charge is -2.05. The zero-order valence-corrected chi connectivity index (χ0v) is 9.43. The van der Waals surface area contributed by atoms with Crippen molar-refractivity contribution < 1.29 is 9.53 Å². The number of hydrogen-bond acceptors (Lipinski definition) is 4. The molecule has 2 N–H and O–H groups in total. The lowest BCUT2D eigenvalue weighted by molar-refractivity contribution is 0.0776. The molecule has 1 aromatic heterocycles. The number of rotatable bonds is 5. The fraction of sp³-hybridized carbons (Fsp3) is 0.231. The molecule has 88 valence electrons. The first kappa shape index (κ1) is 11.7. The van der Waals surface area contributed by atoms with Crippen LogP contribution in [-0.4, -0.2) is 30.5 Å². The first-order chi connectivity index (χ1) is 8.33. The van der Waals surface area contributed by atoms with Crippen molar-refractivity contribution in [3.05, 3.63) is 42.2 Å². The van der Waals surface area contributed by atoms with Crippen molar-refractivity contribution in [2.45, 2.75) is 0 Å². The van der Waals surface area contributed by atoms with Crippen LogP contribution in [0.2, 0.25) is 0 Å². The first-order valence-electron chi connectivity index (χ1n) is 5.46. The van der Waals surface area contributed by atoms with Crippen molar-refractivity contribution in [3.8, 4) is 0 Å². The summed E-state index contributed by atoms with van der Waals surface area (Å²) < 4.78 is 5.15. The fourth-order valence-electron chi connectivity index (χ4n) is 1.68. The van der Waals surface area contributed by atoms with Gasteiger partial charge in [0.1, 0.15) is 6.61 Å². The quantitative estimate of drug-likeness (QED) is 0.622. The first-order valence-corrected chi connectivity index (χ1v) is 5.46. The van der Waals surface area contributed by atoms with E-state index in [2.05, 4.69) is 4.98 Å². The Labute approximate surface area is 99.4 Å². The Kier molecular flexibility index (Phi) is 3.80. The highest BCUT2D eigenvalue weighted by Gasteiger charge is 2.09. The van der Waals surface area contributed by atoms with E-state index in [0.29, 0.717) is 18.7 Å². The smallest absolute Gasteiger partial charge is 0.189 e. The second-order valence-corrected chi connectivity index (χ2v) is 3.67. The summed E-state index contributed by atoms with van der Waals surface area (Å²) in [6, 6.07) is 7.48. The van der Waals surface area contributed by atoms with E-state index in [1.807, 2.05) is 18.2 Å². The molecular formula is C13H14N2O2. The summed E-state index contributed by atoms with van der Waals surface area (Å²) in [7, 11) is 0. The van der Waals surface area contributed by atoms with Gasteiger partial charge in [-0.1, -0.05) is 18.2 Å². The van der Waals surface area contributed by atoms with E-state index in [9.17, 15) is 4.79 Å². The molecule has 0 aliphatic heterocycles. The van der Waals surface area contributed by atoms with Crippen LogP contribution < -0.4 is 5.73 Å². The zero-order valence-electron chi connectivity index (χ0n) is 9.43. The van der Waals surface area contributed by atoms with Gasteiger partial charge in [0.15, 0.2) is 5.78 Å². The summed E-state index contributed by atoms with van der Waals surface area (Å²) in [4.78, 5) is 16.0. The number of nitrogens with two attached hydrogens (primary N) is 1. The molecule has 0 amide bonds. The van der Waals surface area contributed by atoms with Gasteiger partial charge in [-0.05, 0) is 11.5 Å². The topological polar surface area (TPSA) is 65.2 Å². The van der Waals surface area contributed by atoms with E-state index in [-0.39, 0.29) is 12.4 Å². The van der Waals surface area contributed by atoms with E-state index in [4.69, 9.17) is 10.5 Å². The molecule has 4 nitrogen and oxygen atoms in total. The van der Waals surface area contributed by atoms with E-state index in [1.165, 1.54) is 0 Å². The van der Waals surface area contributed by atoms with Crippen LogP contribution in [0.15, 0.2) is 36.7 Å². The number of pyridine rings is 1. The molecule has 0 fully saturated rings. The van der Waals surface area contributed by atoms with Crippen LogP contribution in [0.25, 0.3) is 10.8 Å². The molecular weight excluding hydrogens is 216 g/mol. The number of Topliss-reactive ketones (excluding diaryl/α,β-unsaturated/α-hetero) is 1. The summed E-state index contributed by atoms with van der Waals surface area (Å²) in [5.41, 5.74) is 5.94. The Morgan fingerprint density at radius 1 is 1.35 bits per heavy atom. The molecule has 4 heteroatoms. The van der Waals surface area contributed by atoms with Gasteiger partial charge in [-0.3, -0.25) is 9.78 Å². The number of ketones is 1. The molecule has 1 heterocycles. The monoisotopic (exact) mass is 230 g/mol. The number of ether oxygens (including phenoxy) is 1. The average Bonchev–Trinajstić information content (AvgIpc) is 2.38. The number of carbonyl (C=O) groups is 1. The second kappa shape index (κ2) is 5.52. The second-order valence-electron chi connectivity index (χ2n) is 3.67. The third kappa shape index (κ3) is 2.67. The molecule has 0 atom stereocenters. The maximum absolute atomic E-state index is 11.9. The third-order valence-corrected chi connectivity index (χ3v) is 2.48. The molecule has 2 aromatic rings. The van der Waals surface area contributed by atoms with Gasteiger partial charge in [0, 0.05) is 29.9 Å². The molecule has 0 spiro atoms. The molecule has 0 saturated heterocycles. The minimum atomic E-state index is -0.0444. The van der Waals surface area contributed by atoms with E-state index >= 15 is 0 Å². The van der Waals surface area contributed by atoms with E-state index in [0.717, 1.165) is 10.8 Å². The highest BCUT2D eigenvalue weighted by atomic mass is 16.5. The summed E-state index contributed by atoms with van der Waals surface area (Å²) in [5, 5.41) is 1.86. The van der Waals surface area contributed by atoms with Crippen LogP contribution in [-0.2, 0) is 4.74 Å². The van der Waals surface area contributed by atoms with Gasteiger partial charge >= 0.3 is 0 Å². The highest BCUT2D eigenvalue weighted by Crippen LogP contribution is 2.17. The molecule has 0 radical (unpaired) electrons. The molecule has 0 aliphatic carbocycles. The van der Waals surface area contributed by atoms with Crippen molar-refractivity contribution in [1.29, 1.82) is 0 Å². The maximum Gasteiger partial charge on any atom is 0.189 e. The van der Waals surface area contributed by atoms with Crippen LogP contribution in [0.5, 0.6) is 0 Å². The number of carbonyl (C=O) groups excluding carboxylic acids is 1. The standard InChI is InChI=1S/C13H14N2O2/c14-5-7-17-9-13(16)11-3-1-2-10-4-6-15-8-12(10)11/h1-4,6,8H,5,7,9,14H2. The minimum Gasteiger partial charge on any atom is -0.372 e. The number of nitrogens with zero attached hydrogens (tertiary/aromatic N) is 1. The number of hydrogen-bond donors (Lipinski definition) is 1. The summed E-state index contributed by atoms with van der Waals surface area (Å²) in [6.07, 6.45) is 3.41. The van der Waals surface area contributed by atoms with E-state index in [1.54, 1.807) is 18.5 Å². The maximum atomic E-state index is 11.9. The minimum absolute atomic E-state index is 0.0444. The van der Waals surface area contributed by atoms with Crippen molar-refractivity contribution >= 4 is 16.6 Å². The third-order valence-electron chi connectivity index (χ3n) is 2.48. The summed E-state index contributed by atoms with van der Waals surface area (Å²) in [6.45, 7) is 0.879.